The normalized spacial score (nSPS) is 14.5. The van der Waals surface area contributed by atoms with Crippen molar-refractivity contribution in [2.75, 3.05) is 11.1 Å². The third kappa shape index (κ3) is 2.98. The van der Waals surface area contributed by atoms with Gasteiger partial charge in [0.05, 0.1) is 5.75 Å². The number of nitrogens with zero attached hydrogens (tertiary/aromatic N) is 5. The Labute approximate surface area is 124 Å². The monoisotopic (exact) mass is 310 g/mol. The van der Waals surface area contributed by atoms with Crippen LogP contribution in [0.1, 0.15) is 29.6 Å². The van der Waals surface area contributed by atoms with Crippen molar-refractivity contribution in [1.82, 2.24) is 25.0 Å². The summed E-state index contributed by atoms with van der Waals surface area (Å²) < 4.78 is 1.98. The Morgan fingerprint density at radius 2 is 2.20 bits per heavy atom. The number of aryl methyl sites for hydroxylation is 1. The lowest BCUT2D eigenvalue weighted by Gasteiger charge is -2.02. The number of aromatic nitrogens is 5. The summed E-state index contributed by atoms with van der Waals surface area (Å²) in [7, 11) is 1.95. The molecule has 1 N–H and O–H groups in total. The Balaban J connectivity index is 1.55. The van der Waals surface area contributed by atoms with Crippen LogP contribution in [0.5, 0.6) is 0 Å². The molecule has 1 fully saturated rings. The quantitative estimate of drug-likeness (QED) is 0.844. The third-order valence-electron chi connectivity index (χ3n) is 2.92. The molecule has 3 rings (SSSR count). The predicted octanol–water partition coefficient (Wildman–Crippen LogP) is 1.58. The van der Waals surface area contributed by atoms with Crippen molar-refractivity contribution in [2.45, 2.75) is 30.8 Å². The third-order valence-corrected chi connectivity index (χ3v) is 4.69. The van der Waals surface area contributed by atoms with Crippen molar-refractivity contribution in [3.05, 3.63) is 10.8 Å². The molecule has 7 nitrogen and oxygen atoms in total. The van der Waals surface area contributed by atoms with E-state index >= 15 is 0 Å². The summed E-state index contributed by atoms with van der Waals surface area (Å²) in [4.78, 5) is 11.8. The number of anilines is 1. The van der Waals surface area contributed by atoms with E-state index in [-0.39, 0.29) is 11.7 Å². The van der Waals surface area contributed by atoms with Crippen LogP contribution in [-0.4, -0.2) is 36.6 Å². The Morgan fingerprint density at radius 1 is 1.40 bits per heavy atom. The molecular weight excluding hydrogens is 296 g/mol. The summed E-state index contributed by atoms with van der Waals surface area (Å²) in [5, 5.41) is 20.9. The highest BCUT2D eigenvalue weighted by atomic mass is 32.2. The van der Waals surface area contributed by atoms with Gasteiger partial charge in [-0.25, -0.2) is 0 Å². The number of amides is 1. The first kappa shape index (κ1) is 13.5. The smallest absolute Gasteiger partial charge is 0.236 e. The summed E-state index contributed by atoms with van der Waals surface area (Å²) in [5.74, 6) is 1.75. The van der Waals surface area contributed by atoms with Gasteiger partial charge in [0, 0.05) is 13.0 Å². The second kappa shape index (κ2) is 5.49. The number of rotatable bonds is 5. The fourth-order valence-electron chi connectivity index (χ4n) is 1.78. The molecule has 106 valence electrons. The molecule has 1 aliphatic rings. The van der Waals surface area contributed by atoms with Crippen LogP contribution in [0.2, 0.25) is 0 Å². The number of carbonyl (C=O) groups excluding carboxylic acids is 1. The van der Waals surface area contributed by atoms with Crippen LogP contribution in [0, 0.1) is 6.92 Å². The van der Waals surface area contributed by atoms with E-state index in [2.05, 4.69) is 25.7 Å². The lowest BCUT2D eigenvalue weighted by molar-refractivity contribution is -0.113. The van der Waals surface area contributed by atoms with Gasteiger partial charge in [0.1, 0.15) is 10.8 Å². The molecule has 2 aromatic rings. The number of hydrogen-bond donors (Lipinski definition) is 1. The Kier molecular flexibility index (Phi) is 3.70. The van der Waals surface area contributed by atoms with E-state index in [4.69, 9.17) is 0 Å². The van der Waals surface area contributed by atoms with E-state index in [9.17, 15) is 4.79 Å². The van der Waals surface area contributed by atoms with Crippen LogP contribution < -0.4 is 5.32 Å². The van der Waals surface area contributed by atoms with Crippen LogP contribution in [0.3, 0.4) is 0 Å². The average molecular weight is 310 g/mol. The van der Waals surface area contributed by atoms with Crippen molar-refractivity contribution < 1.29 is 4.79 Å². The van der Waals surface area contributed by atoms with Crippen LogP contribution in [0.25, 0.3) is 0 Å². The second-order valence-electron chi connectivity index (χ2n) is 4.64. The maximum absolute atomic E-state index is 11.8. The molecule has 0 saturated heterocycles. The highest BCUT2D eigenvalue weighted by molar-refractivity contribution is 7.99. The van der Waals surface area contributed by atoms with E-state index in [1.807, 2.05) is 18.5 Å². The molecule has 0 aromatic carbocycles. The molecule has 0 unspecified atom stereocenters. The Morgan fingerprint density at radius 3 is 2.85 bits per heavy atom. The van der Waals surface area contributed by atoms with E-state index in [0.717, 1.165) is 16.0 Å². The molecule has 0 atom stereocenters. The van der Waals surface area contributed by atoms with E-state index in [1.165, 1.54) is 35.9 Å². The summed E-state index contributed by atoms with van der Waals surface area (Å²) in [5.41, 5.74) is 0. The van der Waals surface area contributed by atoms with Crippen LogP contribution in [0.4, 0.5) is 5.13 Å². The maximum atomic E-state index is 11.8. The van der Waals surface area contributed by atoms with E-state index in [1.54, 1.807) is 0 Å². The van der Waals surface area contributed by atoms with Crippen molar-refractivity contribution in [3.63, 3.8) is 0 Å². The van der Waals surface area contributed by atoms with Crippen LogP contribution >= 0.6 is 23.1 Å². The molecule has 9 heteroatoms. The molecule has 2 aromatic heterocycles. The molecule has 0 bridgehead atoms. The van der Waals surface area contributed by atoms with Gasteiger partial charge in [-0.2, -0.15) is 0 Å². The van der Waals surface area contributed by atoms with Gasteiger partial charge in [0.25, 0.3) is 0 Å². The Hall–Kier alpha value is -1.48. The second-order valence-corrected chi connectivity index (χ2v) is 6.76. The van der Waals surface area contributed by atoms with Crippen molar-refractivity contribution in [2.24, 2.45) is 7.05 Å². The largest absolute Gasteiger partial charge is 0.309 e. The maximum Gasteiger partial charge on any atom is 0.236 e. The number of thioether (sulfide) groups is 1. The number of carbonyl (C=O) groups is 1. The molecule has 1 saturated carbocycles. The SMILES string of the molecule is Cc1nnc(NC(=O)CSc2nnc(C3CC3)n2C)s1. The van der Waals surface area contributed by atoms with Crippen LogP contribution in [0.15, 0.2) is 5.16 Å². The van der Waals surface area contributed by atoms with Crippen molar-refractivity contribution in [3.8, 4) is 0 Å². The fraction of sp³-hybridized carbons (Fsp3) is 0.545. The molecule has 1 amide bonds. The zero-order valence-corrected chi connectivity index (χ0v) is 12.8. The van der Waals surface area contributed by atoms with Crippen molar-refractivity contribution >= 4 is 34.1 Å². The number of hydrogen-bond acceptors (Lipinski definition) is 7. The zero-order chi connectivity index (χ0) is 14.1. The number of nitrogens with one attached hydrogen (secondary N) is 1. The molecule has 2 heterocycles. The standard InChI is InChI=1S/C11H14N6OS2/c1-6-13-15-10(20-6)12-8(18)5-19-11-16-14-9(17(11)2)7-3-4-7/h7H,3-5H2,1-2H3,(H,12,15,18). The molecule has 1 aliphatic carbocycles. The topological polar surface area (TPSA) is 85.6 Å². The first-order valence-corrected chi connectivity index (χ1v) is 8.05. The van der Waals surface area contributed by atoms with E-state index in [0.29, 0.717) is 11.0 Å². The molecule has 20 heavy (non-hydrogen) atoms. The fourth-order valence-corrected chi connectivity index (χ4v) is 3.11. The summed E-state index contributed by atoms with van der Waals surface area (Å²) in [6.07, 6.45) is 2.38. The van der Waals surface area contributed by atoms with Gasteiger partial charge in [-0.3, -0.25) is 10.1 Å². The summed E-state index contributed by atoms with van der Waals surface area (Å²) in [6.45, 7) is 1.85. The molecule has 0 aliphatic heterocycles. The van der Waals surface area contributed by atoms with Crippen molar-refractivity contribution in [1.29, 1.82) is 0 Å². The molecular formula is C11H14N6OS2. The lowest BCUT2D eigenvalue weighted by Crippen LogP contribution is -2.14. The molecule has 0 radical (unpaired) electrons. The average Bonchev–Trinajstić information content (AvgIpc) is 3.07. The summed E-state index contributed by atoms with van der Waals surface area (Å²) in [6, 6.07) is 0. The van der Waals surface area contributed by atoms with Gasteiger partial charge >= 0.3 is 0 Å². The minimum absolute atomic E-state index is 0.109. The predicted molar refractivity (Wildman–Crippen MR) is 77.0 cm³/mol. The van der Waals surface area contributed by atoms with Gasteiger partial charge < -0.3 is 4.57 Å². The van der Waals surface area contributed by atoms with Gasteiger partial charge in [-0.1, -0.05) is 23.1 Å². The first-order valence-electron chi connectivity index (χ1n) is 6.25. The van der Waals surface area contributed by atoms with Gasteiger partial charge in [0.15, 0.2) is 5.16 Å². The summed E-state index contributed by atoms with van der Waals surface area (Å²) >= 11 is 2.74. The minimum Gasteiger partial charge on any atom is -0.309 e. The minimum atomic E-state index is -0.109. The highest BCUT2D eigenvalue weighted by Gasteiger charge is 2.29. The zero-order valence-electron chi connectivity index (χ0n) is 11.2. The lowest BCUT2D eigenvalue weighted by atomic mass is 10.4. The Bertz CT molecular complexity index is 633. The first-order chi connectivity index (χ1) is 9.63. The van der Waals surface area contributed by atoms with Gasteiger partial charge in [-0.05, 0) is 19.8 Å². The molecule has 0 spiro atoms. The van der Waals surface area contributed by atoms with Gasteiger partial charge in [0.2, 0.25) is 11.0 Å². The van der Waals surface area contributed by atoms with Crippen LogP contribution in [-0.2, 0) is 11.8 Å². The highest BCUT2D eigenvalue weighted by Crippen LogP contribution is 2.39. The van der Waals surface area contributed by atoms with Gasteiger partial charge in [-0.15, -0.1) is 20.4 Å². The van der Waals surface area contributed by atoms with E-state index < -0.39 is 0 Å².